The molecule has 2 aromatic rings. The summed E-state index contributed by atoms with van der Waals surface area (Å²) in [5.41, 5.74) is 3.64. The number of rotatable bonds is 2. The Kier molecular flexibility index (Phi) is 2.88. The van der Waals surface area contributed by atoms with Gasteiger partial charge in [-0.1, -0.05) is 36.4 Å². The Hall–Kier alpha value is -2.42. The van der Waals surface area contributed by atoms with E-state index in [0.717, 1.165) is 28.1 Å². The first-order valence-electron chi connectivity index (χ1n) is 6.19. The molecule has 0 radical (unpaired) electrons. The van der Waals surface area contributed by atoms with Gasteiger partial charge in [-0.05, 0) is 17.7 Å². The molecule has 1 heterocycles. The Labute approximate surface area is 112 Å². The summed E-state index contributed by atoms with van der Waals surface area (Å²) in [5.74, 6) is 1.02. The first-order chi connectivity index (χ1) is 9.29. The van der Waals surface area contributed by atoms with Crippen LogP contribution in [0.4, 0.5) is 0 Å². The average molecular weight is 253 g/mol. The monoisotopic (exact) mass is 253 g/mol. The average Bonchev–Trinajstić information content (AvgIpc) is 2.48. The SMILES string of the molecule is COc1ccc2c(c1)C(O)=C(c1ccccc1)NC2. The van der Waals surface area contributed by atoms with E-state index in [2.05, 4.69) is 5.32 Å². The third-order valence-corrected chi connectivity index (χ3v) is 3.33. The second kappa shape index (κ2) is 4.69. The molecule has 3 heteroatoms. The molecule has 0 aliphatic carbocycles. The number of nitrogens with one attached hydrogen (secondary N) is 1. The molecule has 3 nitrogen and oxygen atoms in total. The largest absolute Gasteiger partial charge is 0.505 e. The summed E-state index contributed by atoms with van der Waals surface area (Å²) in [6.45, 7) is 0.702. The van der Waals surface area contributed by atoms with Gasteiger partial charge in [0, 0.05) is 17.7 Å². The lowest BCUT2D eigenvalue weighted by Gasteiger charge is -2.22. The van der Waals surface area contributed by atoms with Gasteiger partial charge in [-0.2, -0.15) is 0 Å². The Balaban J connectivity index is 2.12. The Morgan fingerprint density at radius 1 is 1.11 bits per heavy atom. The van der Waals surface area contributed by atoms with Gasteiger partial charge in [0.25, 0.3) is 0 Å². The maximum absolute atomic E-state index is 10.5. The predicted octanol–water partition coefficient (Wildman–Crippen LogP) is 3.18. The van der Waals surface area contributed by atoms with Gasteiger partial charge in [0.05, 0.1) is 12.8 Å². The van der Waals surface area contributed by atoms with Crippen molar-refractivity contribution in [2.45, 2.75) is 6.54 Å². The summed E-state index contributed by atoms with van der Waals surface area (Å²) >= 11 is 0. The van der Waals surface area contributed by atoms with Crippen molar-refractivity contribution in [3.05, 3.63) is 65.2 Å². The molecule has 0 aromatic heterocycles. The van der Waals surface area contributed by atoms with Crippen LogP contribution in [0.2, 0.25) is 0 Å². The van der Waals surface area contributed by atoms with Crippen LogP contribution in [0, 0.1) is 0 Å². The van der Waals surface area contributed by atoms with Crippen LogP contribution in [0.15, 0.2) is 48.5 Å². The molecule has 96 valence electrons. The number of hydrogen-bond donors (Lipinski definition) is 2. The first kappa shape index (κ1) is 11.7. The van der Waals surface area contributed by atoms with Crippen LogP contribution in [0.3, 0.4) is 0 Å². The highest BCUT2D eigenvalue weighted by Crippen LogP contribution is 2.31. The van der Waals surface area contributed by atoms with Crippen LogP contribution in [-0.4, -0.2) is 12.2 Å². The fourth-order valence-corrected chi connectivity index (χ4v) is 2.30. The van der Waals surface area contributed by atoms with Gasteiger partial charge in [-0.3, -0.25) is 0 Å². The molecule has 1 aliphatic heterocycles. The van der Waals surface area contributed by atoms with E-state index in [9.17, 15) is 5.11 Å². The van der Waals surface area contributed by atoms with Crippen molar-refractivity contribution in [1.29, 1.82) is 0 Å². The summed E-state index contributed by atoms with van der Waals surface area (Å²) in [6, 6.07) is 15.6. The standard InChI is InChI=1S/C16H15NO2/c1-19-13-8-7-12-10-17-15(16(18)14(12)9-13)11-5-3-2-4-6-11/h2-9,17-18H,10H2,1H3. The lowest BCUT2D eigenvalue weighted by molar-refractivity contribution is 0.413. The van der Waals surface area contributed by atoms with Crippen molar-refractivity contribution >= 4 is 11.5 Å². The molecule has 0 unspecified atom stereocenters. The minimum absolute atomic E-state index is 0.270. The molecule has 0 saturated heterocycles. The van der Waals surface area contributed by atoms with Crippen molar-refractivity contribution in [2.24, 2.45) is 0 Å². The van der Waals surface area contributed by atoms with E-state index in [4.69, 9.17) is 4.74 Å². The van der Waals surface area contributed by atoms with E-state index in [1.54, 1.807) is 7.11 Å². The number of fused-ring (bicyclic) bond motifs is 1. The number of hydrogen-bond acceptors (Lipinski definition) is 3. The zero-order valence-electron chi connectivity index (χ0n) is 10.7. The number of aliphatic hydroxyl groups is 1. The number of ether oxygens (including phenoxy) is 1. The molecule has 0 saturated carbocycles. The van der Waals surface area contributed by atoms with Crippen LogP contribution < -0.4 is 10.1 Å². The second-order valence-corrected chi connectivity index (χ2v) is 4.47. The highest BCUT2D eigenvalue weighted by atomic mass is 16.5. The normalized spacial score (nSPS) is 13.7. The number of methoxy groups -OCH3 is 1. The van der Waals surface area contributed by atoms with Crippen LogP contribution in [-0.2, 0) is 6.54 Å². The lowest BCUT2D eigenvalue weighted by atomic mass is 9.98. The number of benzene rings is 2. The summed E-state index contributed by atoms with van der Waals surface area (Å²) in [5, 5.41) is 13.7. The summed E-state index contributed by atoms with van der Waals surface area (Å²) in [4.78, 5) is 0. The molecule has 19 heavy (non-hydrogen) atoms. The van der Waals surface area contributed by atoms with E-state index in [-0.39, 0.29) is 5.76 Å². The van der Waals surface area contributed by atoms with Crippen LogP contribution >= 0.6 is 0 Å². The van der Waals surface area contributed by atoms with Crippen molar-refractivity contribution in [2.75, 3.05) is 7.11 Å². The molecule has 1 aliphatic rings. The molecule has 2 aromatic carbocycles. The molecule has 0 amide bonds. The van der Waals surface area contributed by atoms with Crippen LogP contribution in [0.25, 0.3) is 11.5 Å². The Bertz CT molecular complexity index is 632. The summed E-state index contributed by atoms with van der Waals surface area (Å²) < 4.78 is 5.22. The maximum Gasteiger partial charge on any atom is 0.146 e. The van der Waals surface area contributed by atoms with E-state index in [1.165, 1.54) is 0 Å². The van der Waals surface area contributed by atoms with Crippen molar-refractivity contribution in [1.82, 2.24) is 5.32 Å². The Morgan fingerprint density at radius 3 is 2.63 bits per heavy atom. The molecule has 0 fully saturated rings. The molecular formula is C16H15NO2. The Morgan fingerprint density at radius 2 is 1.89 bits per heavy atom. The van der Waals surface area contributed by atoms with E-state index in [0.29, 0.717) is 6.54 Å². The fraction of sp³-hybridized carbons (Fsp3) is 0.125. The van der Waals surface area contributed by atoms with Gasteiger partial charge in [0.15, 0.2) is 0 Å². The van der Waals surface area contributed by atoms with E-state index in [1.807, 2.05) is 48.5 Å². The lowest BCUT2D eigenvalue weighted by Crippen LogP contribution is -2.19. The fourth-order valence-electron chi connectivity index (χ4n) is 2.30. The molecule has 0 atom stereocenters. The zero-order valence-corrected chi connectivity index (χ0v) is 10.7. The van der Waals surface area contributed by atoms with Gasteiger partial charge in [0.2, 0.25) is 0 Å². The molecule has 3 rings (SSSR count). The van der Waals surface area contributed by atoms with Crippen molar-refractivity contribution < 1.29 is 9.84 Å². The van der Waals surface area contributed by atoms with Gasteiger partial charge < -0.3 is 15.2 Å². The molecule has 0 bridgehead atoms. The maximum atomic E-state index is 10.5. The predicted molar refractivity (Wildman–Crippen MR) is 75.7 cm³/mol. The van der Waals surface area contributed by atoms with Gasteiger partial charge in [0.1, 0.15) is 11.5 Å². The van der Waals surface area contributed by atoms with Gasteiger partial charge in [-0.25, -0.2) is 0 Å². The number of aliphatic hydroxyl groups excluding tert-OH is 1. The summed E-state index contributed by atoms with van der Waals surface area (Å²) in [7, 11) is 1.63. The highest BCUT2D eigenvalue weighted by Gasteiger charge is 2.19. The second-order valence-electron chi connectivity index (χ2n) is 4.47. The minimum Gasteiger partial charge on any atom is -0.505 e. The highest BCUT2D eigenvalue weighted by molar-refractivity contribution is 5.88. The molecule has 2 N–H and O–H groups in total. The van der Waals surface area contributed by atoms with E-state index >= 15 is 0 Å². The van der Waals surface area contributed by atoms with Crippen LogP contribution in [0.1, 0.15) is 16.7 Å². The third-order valence-electron chi connectivity index (χ3n) is 3.33. The topological polar surface area (TPSA) is 41.5 Å². The van der Waals surface area contributed by atoms with Gasteiger partial charge >= 0.3 is 0 Å². The zero-order chi connectivity index (χ0) is 13.2. The summed E-state index contributed by atoms with van der Waals surface area (Å²) in [6.07, 6.45) is 0. The molecule has 0 spiro atoms. The quantitative estimate of drug-likeness (QED) is 0.863. The van der Waals surface area contributed by atoms with Crippen LogP contribution in [0.5, 0.6) is 5.75 Å². The van der Waals surface area contributed by atoms with E-state index < -0.39 is 0 Å². The van der Waals surface area contributed by atoms with Crippen molar-refractivity contribution in [3.8, 4) is 5.75 Å². The molecular weight excluding hydrogens is 238 g/mol. The first-order valence-corrected chi connectivity index (χ1v) is 6.19. The van der Waals surface area contributed by atoms with Gasteiger partial charge in [-0.15, -0.1) is 0 Å². The minimum atomic E-state index is 0.270. The van der Waals surface area contributed by atoms with Crippen molar-refractivity contribution in [3.63, 3.8) is 0 Å². The smallest absolute Gasteiger partial charge is 0.146 e. The third kappa shape index (κ3) is 2.03.